The summed E-state index contributed by atoms with van der Waals surface area (Å²) in [6, 6.07) is -2.06. The van der Waals surface area contributed by atoms with Gasteiger partial charge in [-0.05, 0) is 13.3 Å². The molecule has 3 atom stereocenters. The molecule has 1 aliphatic rings. The Morgan fingerprint density at radius 3 is 2.42 bits per heavy atom. The molecule has 0 saturated carbocycles. The molecule has 108 valence electrons. The van der Waals surface area contributed by atoms with Gasteiger partial charge in [-0.25, -0.2) is 9.59 Å². The van der Waals surface area contributed by atoms with E-state index in [1.54, 1.807) is 6.92 Å². The Morgan fingerprint density at radius 2 is 2.00 bits per heavy atom. The summed E-state index contributed by atoms with van der Waals surface area (Å²) in [5, 5.41) is 29.0. The molecule has 0 bridgehead atoms. The third kappa shape index (κ3) is 4.40. The van der Waals surface area contributed by atoms with Gasteiger partial charge in [0.1, 0.15) is 6.04 Å². The quantitative estimate of drug-likeness (QED) is 0.526. The van der Waals surface area contributed by atoms with Crippen LogP contribution in [0, 0.1) is 5.92 Å². The number of carbonyl (C=O) groups excluding carboxylic acids is 1. The average molecular weight is 274 g/mol. The summed E-state index contributed by atoms with van der Waals surface area (Å²) in [7, 11) is 0. The standard InChI is InChI=1S/C11H18N2O6/c1-6(14)7-2-3-13(5-7)11(19)12-8(10(17)18)4-9(15)16/h6-8,14H,2-5H2,1H3,(H,12,19)(H,15,16)(H,17,18). The van der Waals surface area contributed by atoms with Crippen LogP contribution in [0.25, 0.3) is 0 Å². The molecule has 2 amide bonds. The summed E-state index contributed by atoms with van der Waals surface area (Å²) in [6.45, 7) is 2.39. The predicted molar refractivity (Wildman–Crippen MR) is 63.6 cm³/mol. The van der Waals surface area contributed by atoms with Crippen molar-refractivity contribution >= 4 is 18.0 Å². The van der Waals surface area contributed by atoms with Crippen molar-refractivity contribution in [2.24, 2.45) is 5.92 Å². The first-order chi connectivity index (χ1) is 8.81. The number of carbonyl (C=O) groups is 3. The molecule has 0 radical (unpaired) electrons. The molecule has 0 aromatic heterocycles. The van der Waals surface area contributed by atoms with Gasteiger partial charge in [-0.1, -0.05) is 0 Å². The van der Waals surface area contributed by atoms with E-state index in [-0.39, 0.29) is 5.92 Å². The zero-order valence-electron chi connectivity index (χ0n) is 10.6. The lowest BCUT2D eigenvalue weighted by Crippen LogP contribution is -2.48. The van der Waals surface area contributed by atoms with Gasteiger partial charge in [0.2, 0.25) is 0 Å². The van der Waals surface area contributed by atoms with Gasteiger partial charge in [0, 0.05) is 19.0 Å². The number of carboxylic acids is 2. The molecular weight excluding hydrogens is 256 g/mol. The van der Waals surface area contributed by atoms with Crippen LogP contribution < -0.4 is 5.32 Å². The highest BCUT2D eigenvalue weighted by molar-refractivity contribution is 5.86. The number of urea groups is 1. The molecule has 1 saturated heterocycles. The lowest BCUT2D eigenvalue weighted by molar-refractivity contribution is -0.145. The maximum atomic E-state index is 11.8. The number of aliphatic carboxylic acids is 2. The van der Waals surface area contributed by atoms with Crippen molar-refractivity contribution in [1.82, 2.24) is 10.2 Å². The topological polar surface area (TPSA) is 127 Å². The predicted octanol–water partition coefficient (Wildman–Crippen LogP) is -0.673. The molecule has 1 fully saturated rings. The lowest BCUT2D eigenvalue weighted by Gasteiger charge is -2.20. The Kier molecular flexibility index (Phi) is 5.11. The van der Waals surface area contributed by atoms with Crippen molar-refractivity contribution in [2.45, 2.75) is 31.9 Å². The van der Waals surface area contributed by atoms with Gasteiger partial charge >= 0.3 is 18.0 Å². The van der Waals surface area contributed by atoms with Crippen LogP contribution in [0.15, 0.2) is 0 Å². The zero-order chi connectivity index (χ0) is 14.6. The van der Waals surface area contributed by atoms with Crippen molar-refractivity contribution in [3.05, 3.63) is 0 Å². The molecule has 0 aromatic rings. The summed E-state index contributed by atoms with van der Waals surface area (Å²) in [5.41, 5.74) is 0. The van der Waals surface area contributed by atoms with Gasteiger partial charge in [0.05, 0.1) is 12.5 Å². The number of hydrogen-bond acceptors (Lipinski definition) is 4. The number of nitrogens with zero attached hydrogens (tertiary/aromatic N) is 1. The van der Waals surface area contributed by atoms with Crippen molar-refractivity contribution in [3.63, 3.8) is 0 Å². The number of aliphatic hydroxyl groups is 1. The molecule has 19 heavy (non-hydrogen) atoms. The van der Waals surface area contributed by atoms with Gasteiger partial charge in [0.25, 0.3) is 0 Å². The Morgan fingerprint density at radius 1 is 1.37 bits per heavy atom. The number of likely N-dealkylation sites (tertiary alicyclic amines) is 1. The normalized spacial score (nSPS) is 21.8. The molecule has 0 aliphatic carbocycles. The van der Waals surface area contributed by atoms with E-state index in [0.29, 0.717) is 19.5 Å². The first-order valence-corrected chi connectivity index (χ1v) is 5.99. The van der Waals surface area contributed by atoms with Crippen molar-refractivity contribution in [1.29, 1.82) is 0 Å². The summed E-state index contributed by atoms with van der Waals surface area (Å²) >= 11 is 0. The number of amides is 2. The summed E-state index contributed by atoms with van der Waals surface area (Å²) in [5.74, 6) is -2.72. The fraction of sp³-hybridized carbons (Fsp3) is 0.727. The molecule has 3 unspecified atom stereocenters. The smallest absolute Gasteiger partial charge is 0.326 e. The number of carboxylic acid groups (broad SMARTS) is 2. The van der Waals surface area contributed by atoms with E-state index in [2.05, 4.69) is 5.32 Å². The van der Waals surface area contributed by atoms with Crippen LogP contribution in [-0.4, -0.2) is 63.4 Å². The second kappa shape index (κ2) is 6.37. The molecule has 8 heteroatoms. The van der Waals surface area contributed by atoms with E-state index < -0.39 is 36.5 Å². The first kappa shape index (κ1) is 15.2. The van der Waals surface area contributed by atoms with Crippen molar-refractivity contribution < 1.29 is 29.7 Å². The maximum Gasteiger partial charge on any atom is 0.326 e. The SMILES string of the molecule is CC(O)C1CCN(C(=O)NC(CC(=O)O)C(=O)O)C1. The molecule has 0 aromatic carbocycles. The molecule has 1 rings (SSSR count). The maximum absolute atomic E-state index is 11.8. The van der Waals surface area contributed by atoms with Crippen molar-refractivity contribution in [2.75, 3.05) is 13.1 Å². The Labute approximate surface area is 110 Å². The minimum absolute atomic E-state index is 0.0338. The molecule has 1 heterocycles. The van der Waals surface area contributed by atoms with Crippen LogP contribution in [0.4, 0.5) is 4.79 Å². The van der Waals surface area contributed by atoms with E-state index in [1.165, 1.54) is 4.90 Å². The summed E-state index contributed by atoms with van der Waals surface area (Å²) in [4.78, 5) is 34.5. The Balaban J connectivity index is 2.54. The van der Waals surface area contributed by atoms with Crippen LogP contribution in [0.3, 0.4) is 0 Å². The molecule has 1 aliphatic heterocycles. The number of hydrogen-bond donors (Lipinski definition) is 4. The van der Waals surface area contributed by atoms with E-state index in [0.717, 1.165) is 0 Å². The molecule has 8 nitrogen and oxygen atoms in total. The lowest BCUT2D eigenvalue weighted by atomic mass is 10.0. The number of nitrogens with one attached hydrogen (secondary N) is 1. The largest absolute Gasteiger partial charge is 0.481 e. The van der Waals surface area contributed by atoms with E-state index >= 15 is 0 Å². The fourth-order valence-electron chi connectivity index (χ4n) is 1.98. The fourth-order valence-corrected chi connectivity index (χ4v) is 1.98. The minimum Gasteiger partial charge on any atom is -0.481 e. The highest BCUT2D eigenvalue weighted by atomic mass is 16.4. The van der Waals surface area contributed by atoms with Crippen LogP contribution in [0.2, 0.25) is 0 Å². The van der Waals surface area contributed by atoms with E-state index in [1.807, 2.05) is 0 Å². The summed E-state index contributed by atoms with van der Waals surface area (Å²) in [6.07, 6.45) is -0.566. The average Bonchev–Trinajstić information content (AvgIpc) is 2.76. The zero-order valence-corrected chi connectivity index (χ0v) is 10.6. The van der Waals surface area contributed by atoms with Gasteiger partial charge in [0.15, 0.2) is 0 Å². The van der Waals surface area contributed by atoms with Gasteiger partial charge in [-0.3, -0.25) is 4.79 Å². The van der Waals surface area contributed by atoms with Gasteiger partial charge in [-0.15, -0.1) is 0 Å². The van der Waals surface area contributed by atoms with E-state index in [9.17, 15) is 19.5 Å². The number of aliphatic hydroxyl groups excluding tert-OH is 1. The Hall–Kier alpha value is -1.83. The highest BCUT2D eigenvalue weighted by Gasteiger charge is 2.31. The second-order valence-electron chi connectivity index (χ2n) is 4.67. The van der Waals surface area contributed by atoms with Crippen LogP contribution in [-0.2, 0) is 9.59 Å². The molecule has 0 spiro atoms. The van der Waals surface area contributed by atoms with Crippen LogP contribution in [0.1, 0.15) is 19.8 Å². The summed E-state index contributed by atoms with van der Waals surface area (Å²) < 4.78 is 0. The highest BCUT2D eigenvalue weighted by Crippen LogP contribution is 2.19. The third-order valence-corrected chi connectivity index (χ3v) is 3.17. The molecular formula is C11H18N2O6. The van der Waals surface area contributed by atoms with E-state index in [4.69, 9.17) is 10.2 Å². The third-order valence-electron chi connectivity index (χ3n) is 3.17. The van der Waals surface area contributed by atoms with Crippen LogP contribution in [0.5, 0.6) is 0 Å². The monoisotopic (exact) mass is 274 g/mol. The van der Waals surface area contributed by atoms with Crippen LogP contribution >= 0.6 is 0 Å². The molecule has 4 N–H and O–H groups in total. The second-order valence-corrected chi connectivity index (χ2v) is 4.67. The van der Waals surface area contributed by atoms with Gasteiger partial charge in [-0.2, -0.15) is 0 Å². The van der Waals surface area contributed by atoms with Crippen molar-refractivity contribution in [3.8, 4) is 0 Å². The first-order valence-electron chi connectivity index (χ1n) is 5.99. The Bertz CT molecular complexity index is 370. The minimum atomic E-state index is -1.45. The number of rotatable bonds is 5. The van der Waals surface area contributed by atoms with Gasteiger partial charge < -0.3 is 25.5 Å².